The van der Waals surface area contributed by atoms with Gasteiger partial charge in [-0.25, -0.2) is 9.59 Å². The molecule has 1 rings (SSSR count). The highest BCUT2D eigenvalue weighted by Gasteiger charge is 2.41. The Kier molecular flexibility index (Phi) is 12.9. The minimum atomic E-state index is -2.11. The van der Waals surface area contributed by atoms with E-state index in [9.17, 15) is 9.59 Å². The van der Waals surface area contributed by atoms with Crippen molar-refractivity contribution in [3.63, 3.8) is 0 Å². The summed E-state index contributed by atoms with van der Waals surface area (Å²) in [6.07, 6.45) is -1.01. The van der Waals surface area contributed by atoms with Crippen molar-refractivity contribution in [1.82, 2.24) is 10.2 Å². The molecule has 0 aliphatic heterocycles. The molecule has 0 aliphatic rings. The van der Waals surface area contributed by atoms with Crippen molar-refractivity contribution >= 4 is 28.8 Å². The Morgan fingerprint density at radius 3 is 1.73 bits per heavy atom. The minimum absolute atomic E-state index is 0.0126. The molecule has 8 nitrogen and oxygen atoms in total. The number of alkyl carbamates (subject to hydrolysis) is 1. The lowest BCUT2D eigenvalue weighted by Gasteiger charge is -2.42. The molecule has 0 bridgehead atoms. The Hall–Kier alpha value is -1.89. The zero-order valence-corrected chi connectivity index (χ0v) is 29.4. The van der Waals surface area contributed by atoms with Gasteiger partial charge in [0.2, 0.25) is 0 Å². The van der Waals surface area contributed by atoms with Crippen LogP contribution in [0.4, 0.5) is 9.59 Å². The zero-order valence-electron chi connectivity index (χ0n) is 27.4. The molecule has 0 heterocycles. The predicted octanol–water partition coefficient (Wildman–Crippen LogP) is 7.56. The molecule has 0 spiro atoms. The lowest BCUT2D eigenvalue weighted by molar-refractivity contribution is 0.00258. The largest absolute Gasteiger partial charge is 0.445 e. The quantitative estimate of drug-likeness (QED) is 0.251. The lowest BCUT2D eigenvalue weighted by atomic mass is 10.2. The molecular formula is C30H56N2O6Si2. The molecule has 0 fully saturated rings. The van der Waals surface area contributed by atoms with Gasteiger partial charge in [-0.1, -0.05) is 71.9 Å². The normalized spacial score (nSPS) is 13.2. The molecule has 2 amide bonds. The number of rotatable bonds is 12. The fourth-order valence-electron chi connectivity index (χ4n) is 3.07. The number of nitrogens with zero attached hydrogens (tertiary/aromatic N) is 1. The smallest absolute Gasteiger partial charge is 0.410 e. The van der Waals surface area contributed by atoms with Crippen LogP contribution in [0.2, 0.25) is 36.3 Å². The van der Waals surface area contributed by atoms with Gasteiger partial charge in [0.1, 0.15) is 12.2 Å². The fourth-order valence-corrected chi connectivity index (χ4v) is 5.15. The maximum absolute atomic E-state index is 13.5. The Morgan fingerprint density at radius 1 is 0.825 bits per heavy atom. The third kappa shape index (κ3) is 12.3. The summed E-state index contributed by atoms with van der Waals surface area (Å²) in [7, 11) is -4.22. The Balaban J connectivity index is 3.11. The van der Waals surface area contributed by atoms with Gasteiger partial charge in [-0.2, -0.15) is 0 Å². The third-order valence-electron chi connectivity index (χ3n) is 7.79. The molecule has 0 radical (unpaired) electrons. The first-order valence-electron chi connectivity index (χ1n) is 14.3. The molecule has 0 atom stereocenters. The lowest BCUT2D eigenvalue weighted by Crippen LogP contribution is -2.54. The molecule has 0 saturated carbocycles. The highest BCUT2D eigenvalue weighted by molar-refractivity contribution is 6.74. The summed E-state index contributed by atoms with van der Waals surface area (Å²) in [5, 5.41) is 2.80. The van der Waals surface area contributed by atoms with Crippen LogP contribution in [0.25, 0.3) is 0 Å². The molecular weight excluding hydrogens is 541 g/mol. The van der Waals surface area contributed by atoms with E-state index in [4.69, 9.17) is 18.3 Å². The van der Waals surface area contributed by atoms with Crippen LogP contribution >= 0.6 is 0 Å². The molecule has 40 heavy (non-hydrogen) atoms. The molecule has 10 heteroatoms. The Morgan fingerprint density at radius 2 is 1.30 bits per heavy atom. The van der Waals surface area contributed by atoms with Crippen LogP contribution in [-0.4, -0.2) is 71.7 Å². The Labute approximate surface area is 245 Å². The molecule has 1 aromatic rings. The molecule has 0 aliphatic carbocycles. The van der Waals surface area contributed by atoms with Crippen molar-refractivity contribution in [2.24, 2.45) is 0 Å². The molecule has 0 aromatic heterocycles. The fraction of sp³-hybridized carbons (Fsp3) is 0.733. The Bertz CT molecular complexity index is 904. The van der Waals surface area contributed by atoms with Gasteiger partial charge in [-0.3, -0.25) is 4.90 Å². The highest BCUT2D eigenvalue weighted by atomic mass is 28.4. The number of benzene rings is 1. The molecule has 0 unspecified atom stereocenters. The molecule has 0 saturated heterocycles. The van der Waals surface area contributed by atoms with Gasteiger partial charge in [0.05, 0.1) is 19.3 Å². The summed E-state index contributed by atoms with van der Waals surface area (Å²) >= 11 is 0. The summed E-state index contributed by atoms with van der Waals surface area (Å²) in [6.45, 7) is 28.7. The van der Waals surface area contributed by atoms with Gasteiger partial charge in [0.25, 0.3) is 0 Å². The van der Waals surface area contributed by atoms with E-state index < -0.39 is 34.4 Å². The van der Waals surface area contributed by atoms with Crippen LogP contribution in [0, 0.1) is 0 Å². The first kappa shape index (κ1) is 36.1. The summed E-state index contributed by atoms with van der Waals surface area (Å²) in [5.74, 6) is 0. The van der Waals surface area contributed by atoms with Gasteiger partial charge in [0, 0.05) is 13.1 Å². The second-order valence-electron chi connectivity index (χ2n) is 14.5. The first-order chi connectivity index (χ1) is 18.1. The highest BCUT2D eigenvalue weighted by Crippen LogP contribution is 2.38. The maximum Gasteiger partial charge on any atom is 0.410 e. The number of ether oxygens (including phenoxy) is 2. The summed E-state index contributed by atoms with van der Waals surface area (Å²) in [6, 6.07) is 9.11. The van der Waals surface area contributed by atoms with Gasteiger partial charge in [-0.05, 0) is 62.6 Å². The van der Waals surface area contributed by atoms with Crippen molar-refractivity contribution in [2.45, 2.75) is 117 Å². The topological polar surface area (TPSA) is 86.3 Å². The van der Waals surface area contributed by atoms with E-state index in [2.05, 4.69) is 73.0 Å². The average molecular weight is 597 g/mol. The summed E-state index contributed by atoms with van der Waals surface area (Å²) in [5.41, 5.74) is 0.223. The first-order valence-corrected chi connectivity index (χ1v) is 20.1. The van der Waals surface area contributed by atoms with Crippen LogP contribution in [0.15, 0.2) is 30.3 Å². The number of hydrogen-bond donors (Lipinski definition) is 1. The van der Waals surface area contributed by atoms with E-state index >= 15 is 0 Å². The molecule has 1 aromatic carbocycles. The van der Waals surface area contributed by atoms with E-state index in [0.29, 0.717) is 13.2 Å². The van der Waals surface area contributed by atoms with Gasteiger partial charge >= 0.3 is 12.2 Å². The van der Waals surface area contributed by atoms with Gasteiger partial charge in [-0.15, -0.1) is 0 Å². The number of hydrogen-bond acceptors (Lipinski definition) is 6. The van der Waals surface area contributed by atoms with Crippen molar-refractivity contribution in [3.05, 3.63) is 35.9 Å². The van der Waals surface area contributed by atoms with E-state index in [0.717, 1.165) is 5.56 Å². The van der Waals surface area contributed by atoms with Crippen LogP contribution < -0.4 is 5.32 Å². The number of nitrogens with one attached hydrogen (secondary N) is 1. The second-order valence-corrected chi connectivity index (χ2v) is 24.1. The number of amides is 2. The van der Waals surface area contributed by atoms with Crippen molar-refractivity contribution in [3.8, 4) is 0 Å². The SMILES string of the molecule is CC(C)(C)OC(=O)N(CCNC(=O)OCc1ccccc1)C(CO[Si](C)(C)C(C)(C)C)CO[Si](C)(C)C(C)(C)C. The molecule has 1 N–H and O–H groups in total. The standard InChI is InChI=1S/C30H56N2O6Si2/c1-28(2,3)38-27(34)32(20-19-31-26(33)35-21-24-17-15-14-16-18-24)25(22-36-39(10,11)29(4,5)6)23-37-40(12,13)30(7,8)9/h14-18,25H,19-23H2,1-13H3,(H,31,33). The zero-order chi connectivity index (χ0) is 31.0. The second kappa shape index (κ2) is 14.3. The van der Waals surface area contributed by atoms with E-state index in [1.54, 1.807) is 4.90 Å². The summed E-state index contributed by atoms with van der Waals surface area (Å²) < 4.78 is 24.3. The monoisotopic (exact) mass is 596 g/mol. The van der Waals surface area contributed by atoms with Gasteiger partial charge in [0.15, 0.2) is 16.6 Å². The van der Waals surface area contributed by atoms with Crippen LogP contribution in [0.3, 0.4) is 0 Å². The third-order valence-corrected chi connectivity index (χ3v) is 16.8. The molecule has 230 valence electrons. The van der Waals surface area contributed by atoms with Crippen molar-refractivity contribution < 1.29 is 27.9 Å². The van der Waals surface area contributed by atoms with Crippen LogP contribution in [-0.2, 0) is 24.9 Å². The number of carbonyl (C=O) groups excluding carboxylic acids is 2. The van der Waals surface area contributed by atoms with E-state index in [-0.39, 0.29) is 35.8 Å². The van der Waals surface area contributed by atoms with Crippen LogP contribution in [0.5, 0.6) is 0 Å². The number of carbonyl (C=O) groups is 2. The predicted molar refractivity (Wildman–Crippen MR) is 168 cm³/mol. The van der Waals surface area contributed by atoms with Crippen molar-refractivity contribution in [1.29, 1.82) is 0 Å². The van der Waals surface area contributed by atoms with Gasteiger partial charge < -0.3 is 23.6 Å². The van der Waals surface area contributed by atoms with E-state index in [1.807, 2.05) is 51.1 Å². The van der Waals surface area contributed by atoms with Crippen LogP contribution in [0.1, 0.15) is 67.9 Å². The maximum atomic E-state index is 13.5. The van der Waals surface area contributed by atoms with Crippen molar-refractivity contribution in [2.75, 3.05) is 26.3 Å². The average Bonchev–Trinajstić information content (AvgIpc) is 2.79. The van der Waals surface area contributed by atoms with E-state index in [1.165, 1.54) is 0 Å². The minimum Gasteiger partial charge on any atom is -0.445 e. The summed E-state index contributed by atoms with van der Waals surface area (Å²) in [4.78, 5) is 27.5.